The van der Waals surface area contributed by atoms with Crippen molar-refractivity contribution in [3.8, 4) is 0 Å². The average molecular weight is 828 g/mol. The van der Waals surface area contributed by atoms with Gasteiger partial charge >= 0.3 is 35.8 Å². The average Bonchev–Trinajstić information content (AvgIpc) is 3.10. The molecule has 0 aromatic rings. The molecule has 51 heavy (non-hydrogen) atoms. The van der Waals surface area contributed by atoms with E-state index in [4.69, 9.17) is 9.47 Å². The Kier molecular flexibility index (Phi) is 57.6. The van der Waals surface area contributed by atoms with Crippen LogP contribution in [-0.4, -0.2) is 61.0 Å². The van der Waals surface area contributed by atoms with E-state index in [0.29, 0.717) is 37.2 Å². The van der Waals surface area contributed by atoms with E-state index in [2.05, 4.69) is 41.5 Å². The Labute approximate surface area is 331 Å². The van der Waals surface area contributed by atoms with Crippen LogP contribution in [0.15, 0.2) is 24.3 Å². The van der Waals surface area contributed by atoms with Gasteiger partial charge in [-0.3, -0.25) is 0 Å². The molecular formula is C42H76O8Sn. The maximum atomic E-state index is 11.0. The van der Waals surface area contributed by atoms with Crippen LogP contribution in [0.2, 0.25) is 0 Å². The van der Waals surface area contributed by atoms with E-state index in [1.165, 1.54) is 77.0 Å². The molecule has 0 saturated carbocycles. The molecule has 0 aliphatic carbocycles. The summed E-state index contributed by atoms with van der Waals surface area (Å²) in [5.41, 5.74) is 0. The Hall–Kier alpha value is -1.84. The number of hydrogen-bond donors (Lipinski definition) is 0. The summed E-state index contributed by atoms with van der Waals surface area (Å²) in [6, 6.07) is 0. The summed E-state index contributed by atoms with van der Waals surface area (Å²) in [4.78, 5) is 42.2. The fourth-order valence-corrected chi connectivity index (χ4v) is 4.48. The van der Waals surface area contributed by atoms with Crippen molar-refractivity contribution in [2.45, 2.75) is 183 Å². The molecule has 0 aliphatic heterocycles. The van der Waals surface area contributed by atoms with Gasteiger partial charge in [0.25, 0.3) is 0 Å². The summed E-state index contributed by atoms with van der Waals surface area (Å²) in [6.45, 7) is 21.1. The molecule has 0 saturated heterocycles. The Morgan fingerprint density at radius 1 is 0.490 bits per heavy atom. The van der Waals surface area contributed by atoms with Crippen LogP contribution in [-0.2, 0) is 28.7 Å². The van der Waals surface area contributed by atoms with Gasteiger partial charge in [0.1, 0.15) is 0 Å². The molecule has 0 fully saturated rings. The SMILES string of the molecule is CCCCC(CC)COC(=O)/C=C/C(=O)[O-].CCCCC(CC)COC(=O)/C=C/C(=O)[O-].[CH2]CCCCCCCC.[CH2]CCCCCCCC.[Sn+2]. The van der Waals surface area contributed by atoms with Gasteiger partial charge in [-0.05, 0) is 36.8 Å². The van der Waals surface area contributed by atoms with Crippen LogP contribution in [0, 0.1) is 25.7 Å². The molecule has 0 amide bonds. The zero-order valence-corrected chi connectivity index (χ0v) is 36.5. The first-order chi connectivity index (χ1) is 24.0. The molecule has 0 spiro atoms. The number of esters is 2. The van der Waals surface area contributed by atoms with Gasteiger partial charge in [0, 0.05) is 12.2 Å². The minimum atomic E-state index is -1.39. The fourth-order valence-electron chi connectivity index (χ4n) is 4.48. The third-order valence-electron chi connectivity index (χ3n) is 7.93. The normalized spacial score (nSPS) is 11.5. The van der Waals surface area contributed by atoms with Gasteiger partial charge in [-0.1, -0.05) is 184 Å². The van der Waals surface area contributed by atoms with Crippen LogP contribution in [0.5, 0.6) is 0 Å². The maximum absolute atomic E-state index is 11.0. The van der Waals surface area contributed by atoms with E-state index in [0.717, 1.165) is 76.4 Å². The van der Waals surface area contributed by atoms with Gasteiger partial charge in [-0.25, -0.2) is 9.59 Å². The minimum Gasteiger partial charge on any atom is -0.545 e. The third kappa shape index (κ3) is 57.7. The van der Waals surface area contributed by atoms with E-state index in [-0.39, 0.29) is 23.9 Å². The van der Waals surface area contributed by atoms with Crippen molar-refractivity contribution in [1.82, 2.24) is 0 Å². The van der Waals surface area contributed by atoms with Gasteiger partial charge in [-0.2, -0.15) is 0 Å². The number of unbranched alkanes of at least 4 members (excludes halogenated alkanes) is 14. The van der Waals surface area contributed by atoms with Crippen LogP contribution in [0.1, 0.15) is 183 Å². The maximum Gasteiger partial charge on any atom is 2.00 e. The summed E-state index contributed by atoms with van der Waals surface area (Å²) in [5, 5.41) is 20.1. The molecule has 0 aliphatic rings. The van der Waals surface area contributed by atoms with Gasteiger partial charge < -0.3 is 29.3 Å². The Balaban J connectivity index is -0.000000190. The minimum absolute atomic E-state index is 0. The van der Waals surface area contributed by atoms with Gasteiger partial charge in [0.15, 0.2) is 0 Å². The number of ether oxygens (including phenoxy) is 2. The Morgan fingerprint density at radius 2 is 0.784 bits per heavy atom. The summed E-state index contributed by atoms with van der Waals surface area (Å²) < 4.78 is 9.85. The number of rotatable bonds is 28. The van der Waals surface area contributed by atoms with Gasteiger partial charge in [0.2, 0.25) is 0 Å². The first-order valence-electron chi connectivity index (χ1n) is 19.7. The number of carbonyl (C=O) groups excluding carboxylic acids is 4. The van der Waals surface area contributed by atoms with Crippen molar-refractivity contribution in [1.29, 1.82) is 0 Å². The van der Waals surface area contributed by atoms with Crippen molar-refractivity contribution >= 4 is 47.8 Å². The van der Waals surface area contributed by atoms with Crippen molar-refractivity contribution in [2.24, 2.45) is 11.8 Å². The molecule has 0 aromatic carbocycles. The zero-order chi connectivity index (χ0) is 38.7. The molecule has 8 nitrogen and oxygen atoms in total. The molecular weight excluding hydrogens is 751 g/mol. The Morgan fingerprint density at radius 3 is 1.04 bits per heavy atom. The smallest absolute Gasteiger partial charge is 0.545 e. The molecule has 2 unspecified atom stereocenters. The van der Waals surface area contributed by atoms with E-state index < -0.39 is 23.9 Å². The summed E-state index contributed by atoms with van der Waals surface area (Å²) in [7, 11) is 0. The standard InChI is InChI=1S/2C12H20O4.2C9H19.Sn/c2*1-3-5-6-10(4-2)9-16-12(15)8-7-11(13)14;2*1-3-5-7-9-8-6-4-2;/h2*7-8,10H,3-6,9H2,1-2H3,(H,13,14);2*1,3-9H2,2H3;/q;;;;+2/p-2/b2*8-7+;;;. The summed E-state index contributed by atoms with van der Waals surface area (Å²) in [5.74, 6) is -3.32. The second kappa shape index (κ2) is 50.3. The molecule has 4 radical (unpaired) electrons. The van der Waals surface area contributed by atoms with E-state index in [1.54, 1.807) is 0 Å². The molecule has 9 heteroatoms. The summed E-state index contributed by atoms with van der Waals surface area (Å²) in [6.07, 6.45) is 30.4. The number of carbonyl (C=O) groups is 4. The zero-order valence-electron chi connectivity index (χ0n) is 33.6. The molecule has 0 aromatic heterocycles. The van der Waals surface area contributed by atoms with Crippen LogP contribution >= 0.6 is 0 Å². The largest absolute Gasteiger partial charge is 2.00 e. The molecule has 0 heterocycles. The van der Waals surface area contributed by atoms with Crippen LogP contribution in [0.25, 0.3) is 0 Å². The van der Waals surface area contributed by atoms with Crippen LogP contribution in [0.3, 0.4) is 0 Å². The first kappa shape index (κ1) is 58.5. The first-order valence-corrected chi connectivity index (χ1v) is 19.7. The number of hydrogen-bond acceptors (Lipinski definition) is 8. The second-order valence-electron chi connectivity index (χ2n) is 12.6. The predicted octanol–water partition coefficient (Wildman–Crippen LogP) is 8.87. The van der Waals surface area contributed by atoms with E-state index >= 15 is 0 Å². The van der Waals surface area contributed by atoms with Crippen molar-refractivity contribution in [3.05, 3.63) is 38.2 Å². The quantitative estimate of drug-likeness (QED) is 0.0331. The topological polar surface area (TPSA) is 133 Å². The van der Waals surface area contributed by atoms with E-state index in [9.17, 15) is 29.4 Å². The van der Waals surface area contributed by atoms with Gasteiger partial charge in [0.05, 0.1) is 25.2 Å². The van der Waals surface area contributed by atoms with Crippen molar-refractivity contribution in [3.63, 3.8) is 0 Å². The summed E-state index contributed by atoms with van der Waals surface area (Å²) >= 11 is 0. The molecule has 296 valence electrons. The van der Waals surface area contributed by atoms with E-state index in [1.807, 2.05) is 13.8 Å². The molecule has 0 rings (SSSR count). The number of carboxylic acids is 2. The van der Waals surface area contributed by atoms with Crippen LogP contribution in [0.4, 0.5) is 0 Å². The number of carboxylic acid groups (broad SMARTS) is 2. The third-order valence-corrected chi connectivity index (χ3v) is 7.93. The molecule has 2 atom stereocenters. The van der Waals surface area contributed by atoms with Crippen molar-refractivity contribution in [2.75, 3.05) is 13.2 Å². The van der Waals surface area contributed by atoms with Crippen molar-refractivity contribution < 1.29 is 38.9 Å². The number of aliphatic carboxylic acids is 2. The fraction of sp³-hybridized carbons (Fsp3) is 0.762. The van der Waals surface area contributed by atoms with Crippen LogP contribution < -0.4 is 10.2 Å². The molecule has 0 N–H and O–H groups in total. The second-order valence-corrected chi connectivity index (χ2v) is 12.6. The molecule has 0 bridgehead atoms. The van der Waals surface area contributed by atoms with Gasteiger partial charge in [-0.15, -0.1) is 0 Å². The predicted molar refractivity (Wildman–Crippen MR) is 209 cm³/mol. The Bertz CT molecular complexity index is 735. The monoisotopic (exact) mass is 828 g/mol.